The standard InChI is InChI=1S/C18H23ClN2O2S/c19-15-3-4-18(23)14(10-15)11-20-6-7-21(16(12-20)5-8-22)13-17-2-1-9-24-17/h1-4,9-10,16,22-23H,5-8,11-13H2. The molecule has 1 aliphatic heterocycles. The summed E-state index contributed by atoms with van der Waals surface area (Å²) in [6.45, 7) is 4.61. The van der Waals surface area contributed by atoms with E-state index in [1.54, 1.807) is 23.5 Å². The van der Waals surface area contributed by atoms with Crippen molar-refractivity contribution in [2.75, 3.05) is 26.2 Å². The molecule has 1 aliphatic rings. The Hall–Kier alpha value is -1.11. The number of aliphatic hydroxyl groups excluding tert-OH is 1. The Morgan fingerprint density at radius 2 is 2.08 bits per heavy atom. The lowest BCUT2D eigenvalue weighted by atomic mass is 10.1. The predicted octanol–water partition coefficient (Wildman–Crippen LogP) is 3.18. The van der Waals surface area contributed by atoms with E-state index in [0.717, 1.165) is 38.2 Å². The van der Waals surface area contributed by atoms with Crippen LogP contribution in [-0.2, 0) is 13.1 Å². The predicted molar refractivity (Wildman–Crippen MR) is 98.6 cm³/mol. The number of benzene rings is 1. The minimum atomic E-state index is 0.196. The Balaban J connectivity index is 1.64. The second kappa shape index (κ2) is 8.32. The lowest BCUT2D eigenvalue weighted by molar-refractivity contribution is 0.0503. The summed E-state index contributed by atoms with van der Waals surface area (Å²) in [6.07, 6.45) is 0.767. The van der Waals surface area contributed by atoms with Crippen molar-refractivity contribution in [3.8, 4) is 5.75 Å². The number of hydrogen-bond acceptors (Lipinski definition) is 5. The summed E-state index contributed by atoms with van der Waals surface area (Å²) in [6, 6.07) is 9.75. The summed E-state index contributed by atoms with van der Waals surface area (Å²) in [5, 5.41) is 22.2. The number of aliphatic hydroxyl groups is 1. The summed E-state index contributed by atoms with van der Waals surface area (Å²) in [5.41, 5.74) is 0.858. The first kappa shape index (κ1) is 17.7. The molecule has 1 aromatic heterocycles. The molecule has 2 aromatic rings. The molecule has 0 spiro atoms. The molecule has 0 radical (unpaired) electrons. The zero-order valence-corrected chi connectivity index (χ0v) is 15.1. The number of piperazine rings is 1. The van der Waals surface area contributed by atoms with Crippen LogP contribution >= 0.6 is 22.9 Å². The number of hydrogen-bond donors (Lipinski definition) is 2. The van der Waals surface area contributed by atoms with Gasteiger partial charge in [0, 0.05) is 60.8 Å². The van der Waals surface area contributed by atoms with E-state index in [4.69, 9.17) is 11.6 Å². The van der Waals surface area contributed by atoms with Gasteiger partial charge in [0.2, 0.25) is 0 Å². The summed E-state index contributed by atoms with van der Waals surface area (Å²) in [4.78, 5) is 6.14. The van der Waals surface area contributed by atoms with E-state index in [0.29, 0.717) is 23.4 Å². The molecule has 24 heavy (non-hydrogen) atoms. The molecule has 1 aromatic carbocycles. The highest BCUT2D eigenvalue weighted by Gasteiger charge is 2.27. The van der Waals surface area contributed by atoms with Gasteiger partial charge in [-0.05, 0) is 36.1 Å². The number of thiophene rings is 1. The highest BCUT2D eigenvalue weighted by molar-refractivity contribution is 7.09. The van der Waals surface area contributed by atoms with Gasteiger partial charge in [-0.2, -0.15) is 0 Å². The molecule has 130 valence electrons. The van der Waals surface area contributed by atoms with Gasteiger partial charge in [0.25, 0.3) is 0 Å². The van der Waals surface area contributed by atoms with Crippen molar-refractivity contribution in [1.82, 2.24) is 9.80 Å². The Bertz CT molecular complexity index is 650. The van der Waals surface area contributed by atoms with Gasteiger partial charge in [0.15, 0.2) is 0 Å². The van der Waals surface area contributed by atoms with Crippen molar-refractivity contribution in [3.63, 3.8) is 0 Å². The number of aromatic hydroxyl groups is 1. The summed E-state index contributed by atoms with van der Waals surface area (Å²) in [5.74, 6) is 0.291. The van der Waals surface area contributed by atoms with E-state index in [1.165, 1.54) is 4.88 Å². The topological polar surface area (TPSA) is 46.9 Å². The third kappa shape index (κ3) is 4.49. The zero-order valence-electron chi connectivity index (χ0n) is 13.6. The quantitative estimate of drug-likeness (QED) is 0.824. The van der Waals surface area contributed by atoms with Crippen molar-refractivity contribution in [2.24, 2.45) is 0 Å². The van der Waals surface area contributed by atoms with Crippen LogP contribution in [0.5, 0.6) is 5.75 Å². The number of nitrogens with zero attached hydrogens (tertiary/aromatic N) is 2. The molecule has 1 atom stereocenters. The molecule has 1 unspecified atom stereocenters. The number of phenolic OH excluding ortho intramolecular Hbond substituents is 1. The minimum Gasteiger partial charge on any atom is -0.508 e. The Labute approximate surface area is 151 Å². The molecule has 0 bridgehead atoms. The van der Waals surface area contributed by atoms with Crippen LogP contribution in [0.1, 0.15) is 16.9 Å². The lowest BCUT2D eigenvalue weighted by Gasteiger charge is -2.41. The van der Waals surface area contributed by atoms with E-state index < -0.39 is 0 Å². The number of rotatable bonds is 6. The van der Waals surface area contributed by atoms with Gasteiger partial charge in [-0.25, -0.2) is 0 Å². The van der Waals surface area contributed by atoms with Gasteiger partial charge in [-0.3, -0.25) is 9.80 Å². The first-order valence-corrected chi connectivity index (χ1v) is 9.48. The molecule has 1 fully saturated rings. The fourth-order valence-electron chi connectivity index (χ4n) is 3.26. The highest BCUT2D eigenvalue weighted by Crippen LogP contribution is 2.25. The maximum atomic E-state index is 10.0. The monoisotopic (exact) mass is 366 g/mol. The molecule has 2 heterocycles. The number of phenols is 1. The normalized spacial score (nSPS) is 19.7. The van der Waals surface area contributed by atoms with Crippen LogP contribution in [0.15, 0.2) is 35.7 Å². The van der Waals surface area contributed by atoms with Crippen LogP contribution in [0.4, 0.5) is 0 Å². The molecule has 4 nitrogen and oxygen atoms in total. The second-order valence-corrected chi connectivity index (χ2v) is 7.69. The first-order chi connectivity index (χ1) is 11.7. The molecular formula is C18H23ClN2O2S. The molecule has 6 heteroatoms. The molecule has 0 amide bonds. The van der Waals surface area contributed by atoms with Crippen molar-refractivity contribution in [1.29, 1.82) is 0 Å². The first-order valence-electron chi connectivity index (χ1n) is 8.22. The van der Waals surface area contributed by atoms with Crippen LogP contribution in [0.3, 0.4) is 0 Å². The van der Waals surface area contributed by atoms with E-state index in [2.05, 4.69) is 27.3 Å². The van der Waals surface area contributed by atoms with E-state index in [9.17, 15) is 10.2 Å². The molecule has 0 aliphatic carbocycles. The third-order valence-corrected chi connectivity index (χ3v) is 5.62. The SMILES string of the molecule is OCCC1CN(Cc2cc(Cl)ccc2O)CCN1Cc1cccs1. The smallest absolute Gasteiger partial charge is 0.120 e. The summed E-state index contributed by atoms with van der Waals surface area (Å²) >= 11 is 7.82. The van der Waals surface area contributed by atoms with Gasteiger partial charge < -0.3 is 10.2 Å². The Morgan fingerprint density at radius 3 is 2.83 bits per heavy atom. The average molecular weight is 367 g/mol. The third-order valence-electron chi connectivity index (χ3n) is 4.53. The van der Waals surface area contributed by atoms with Crippen molar-refractivity contribution < 1.29 is 10.2 Å². The summed E-state index contributed by atoms with van der Waals surface area (Å²) in [7, 11) is 0. The van der Waals surface area contributed by atoms with Gasteiger partial charge in [0.1, 0.15) is 5.75 Å². The highest BCUT2D eigenvalue weighted by atomic mass is 35.5. The number of halogens is 1. The maximum absolute atomic E-state index is 10.0. The zero-order chi connectivity index (χ0) is 16.9. The summed E-state index contributed by atoms with van der Waals surface area (Å²) < 4.78 is 0. The van der Waals surface area contributed by atoms with Crippen LogP contribution in [0, 0.1) is 0 Å². The van der Waals surface area contributed by atoms with E-state index >= 15 is 0 Å². The van der Waals surface area contributed by atoms with Crippen LogP contribution in [0.25, 0.3) is 0 Å². The van der Waals surface area contributed by atoms with Gasteiger partial charge >= 0.3 is 0 Å². The van der Waals surface area contributed by atoms with E-state index in [-0.39, 0.29) is 6.61 Å². The van der Waals surface area contributed by atoms with Gasteiger partial charge in [-0.15, -0.1) is 11.3 Å². The van der Waals surface area contributed by atoms with Crippen molar-refractivity contribution in [3.05, 3.63) is 51.2 Å². The minimum absolute atomic E-state index is 0.196. The largest absolute Gasteiger partial charge is 0.508 e. The molecule has 2 N–H and O–H groups in total. The lowest BCUT2D eigenvalue weighted by Crippen LogP contribution is -2.52. The van der Waals surface area contributed by atoms with Gasteiger partial charge in [0.05, 0.1) is 0 Å². The molecule has 0 saturated carbocycles. The van der Waals surface area contributed by atoms with Crippen molar-refractivity contribution in [2.45, 2.75) is 25.6 Å². The Kier molecular flexibility index (Phi) is 6.14. The van der Waals surface area contributed by atoms with Crippen LogP contribution in [0.2, 0.25) is 5.02 Å². The van der Waals surface area contributed by atoms with Crippen LogP contribution < -0.4 is 0 Å². The Morgan fingerprint density at radius 1 is 1.21 bits per heavy atom. The maximum Gasteiger partial charge on any atom is 0.120 e. The average Bonchev–Trinajstić information content (AvgIpc) is 3.07. The molecule has 3 rings (SSSR count). The van der Waals surface area contributed by atoms with Gasteiger partial charge in [-0.1, -0.05) is 17.7 Å². The fraction of sp³-hybridized carbons (Fsp3) is 0.444. The molecule has 1 saturated heterocycles. The second-order valence-electron chi connectivity index (χ2n) is 6.22. The fourth-order valence-corrected chi connectivity index (χ4v) is 4.18. The molecular weight excluding hydrogens is 344 g/mol. The van der Waals surface area contributed by atoms with Crippen molar-refractivity contribution >= 4 is 22.9 Å². The van der Waals surface area contributed by atoms with Crippen LogP contribution in [-0.4, -0.2) is 52.3 Å². The van der Waals surface area contributed by atoms with E-state index in [1.807, 2.05) is 6.07 Å².